The minimum absolute atomic E-state index is 0.0715. The molecule has 0 aromatic rings. The summed E-state index contributed by atoms with van der Waals surface area (Å²) in [7, 11) is 0. The van der Waals surface area contributed by atoms with Crippen LogP contribution in [0.4, 0.5) is 0 Å². The van der Waals surface area contributed by atoms with E-state index < -0.39 is 12.1 Å². The van der Waals surface area contributed by atoms with Gasteiger partial charge in [0.25, 0.3) is 0 Å². The van der Waals surface area contributed by atoms with Gasteiger partial charge in [0, 0.05) is 6.42 Å². The maximum Gasteiger partial charge on any atom is 0.328 e. The molecule has 2 atom stereocenters. The minimum atomic E-state index is -0.616. The Balaban J connectivity index is 1.84. The summed E-state index contributed by atoms with van der Waals surface area (Å²) in [4.78, 5) is 23.1. The first kappa shape index (κ1) is 23.9. The molecule has 2 N–H and O–H groups in total. The molecule has 27 heavy (non-hydrogen) atoms. The van der Waals surface area contributed by atoms with Gasteiger partial charge in [0.1, 0.15) is 6.04 Å². The van der Waals surface area contributed by atoms with Crippen LogP contribution in [-0.4, -0.2) is 35.7 Å². The molecule has 0 bridgehead atoms. The number of nitrogens with one attached hydrogen (secondary N) is 1. The van der Waals surface area contributed by atoms with E-state index >= 15 is 0 Å². The smallest absolute Gasteiger partial charge is 0.328 e. The summed E-state index contributed by atoms with van der Waals surface area (Å²) >= 11 is 0. The first-order valence-corrected chi connectivity index (χ1v) is 11.3. The highest BCUT2D eigenvalue weighted by Gasteiger charge is 2.28. The van der Waals surface area contributed by atoms with E-state index in [-0.39, 0.29) is 18.3 Å². The molecule has 1 unspecified atom stereocenters. The molecule has 0 aliphatic carbocycles. The van der Waals surface area contributed by atoms with Crippen LogP contribution in [0.15, 0.2) is 0 Å². The largest absolute Gasteiger partial charge is 0.464 e. The van der Waals surface area contributed by atoms with Crippen molar-refractivity contribution in [2.45, 2.75) is 122 Å². The van der Waals surface area contributed by atoms with Crippen LogP contribution in [0.5, 0.6) is 0 Å². The molecule has 0 radical (unpaired) electrons. The summed E-state index contributed by atoms with van der Waals surface area (Å²) in [6.45, 7) is 2.62. The number of hydrogen-bond acceptors (Lipinski definition) is 4. The van der Waals surface area contributed by atoms with E-state index in [2.05, 4.69) is 12.2 Å². The third-order valence-electron chi connectivity index (χ3n) is 5.33. The third-order valence-corrected chi connectivity index (χ3v) is 5.33. The number of esters is 1. The molecule has 1 heterocycles. The second-order valence-electron chi connectivity index (χ2n) is 7.97. The standard InChI is InChI=1S/C22H41NO4/c1-2-3-4-5-6-7-8-9-10-11-12-13-14-15-19(24)18-21(25)23-20-16-17-27-22(20)26/h19-20,24H,2-18H2,1H3,(H,23,25)/t19?,20-/m0/s1. The Morgan fingerprint density at radius 2 is 1.52 bits per heavy atom. The lowest BCUT2D eigenvalue weighted by atomic mass is 10.0. The predicted octanol–water partition coefficient (Wildman–Crippen LogP) is 4.65. The fraction of sp³-hybridized carbons (Fsp3) is 0.909. The first-order valence-electron chi connectivity index (χ1n) is 11.3. The summed E-state index contributed by atoms with van der Waals surface area (Å²) in [5.41, 5.74) is 0. The van der Waals surface area contributed by atoms with Gasteiger partial charge >= 0.3 is 5.97 Å². The first-order chi connectivity index (χ1) is 13.1. The number of aliphatic hydroxyl groups is 1. The van der Waals surface area contributed by atoms with Crippen molar-refractivity contribution in [3.63, 3.8) is 0 Å². The molecule has 1 saturated heterocycles. The normalized spacial score (nSPS) is 17.7. The SMILES string of the molecule is CCCCCCCCCCCCCCCC(O)CC(=O)N[C@H]1CCOC1=O. The lowest BCUT2D eigenvalue weighted by Gasteiger charge is -2.12. The van der Waals surface area contributed by atoms with Gasteiger partial charge in [-0.2, -0.15) is 0 Å². The maximum atomic E-state index is 11.8. The van der Waals surface area contributed by atoms with Gasteiger partial charge in [-0.3, -0.25) is 4.79 Å². The topological polar surface area (TPSA) is 75.6 Å². The Morgan fingerprint density at radius 1 is 1.00 bits per heavy atom. The van der Waals surface area contributed by atoms with Crippen molar-refractivity contribution in [3.8, 4) is 0 Å². The molecule has 0 saturated carbocycles. The molecular formula is C22H41NO4. The zero-order chi connectivity index (χ0) is 19.7. The van der Waals surface area contributed by atoms with E-state index in [9.17, 15) is 14.7 Å². The Morgan fingerprint density at radius 3 is 2.00 bits per heavy atom. The van der Waals surface area contributed by atoms with Crippen LogP contribution in [0.25, 0.3) is 0 Å². The third kappa shape index (κ3) is 12.8. The number of carbonyl (C=O) groups excluding carboxylic acids is 2. The lowest BCUT2D eigenvalue weighted by molar-refractivity contribution is -0.141. The Labute approximate surface area is 165 Å². The second-order valence-corrected chi connectivity index (χ2v) is 7.97. The number of hydrogen-bond donors (Lipinski definition) is 2. The van der Waals surface area contributed by atoms with E-state index in [4.69, 9.17) is 4.74 Å². The Bertz CT molecular complexity index is 400. The van der Waals surface area contributed by atoms with Gasteiger partial charge in [0.15, 0.2) is 0 Å². The lowest BCUT2D eigenvalue weighted by Crippen LogP contribution is -2.39. The zero-order valence-electron chi connectivity index (χ0n) is 17.3. The number of unbranched alkanes of at least 4 members (excludes halogenated alkanes) is 12. The van der Waals surface area contributed by atoms with Crippen LogP contribution in [0.2, 0.25) is 0 Å². The molecule has 5 nitrogen and oxygen atoms in total. The number of ether oxygens (including phenoxy) is 1. The number of cyclic esters (lactones) is 1. The fourth-order valence-corrected chi connectivity index (χ4v) is 3.59. The van der Waals surface area contributed by atoms with Gasteiger partial charge in [-0.1, -0.05) is 90.4 Å². The van der Waals surface area contributed by atoms with Gasteiger partial charge in [-0.25, -0.2) is 4.79 Å². The molecule has 1 aliphatic rings. The number of amides is 1. The highest BCUT2D eigenvalue weighted by atomic mass is 16.5. The maximum absolute atomic E-state index is 11.8. The number of carbonyl (C=O) groups is 2. The number of rotatable bonds is 17. The zero-order valence-corrected chi connectivity index (χ0v) is 17.3. The summed E-state index contributed by atoms with van der Waals surface area (Å²) < 4.78 is 4.81. The molecule has 1 aliphatic heterocycles. The molecule has 1 fully saturated rings. The summed E-state index contributed by atoms with van der Waals surface area (Å²) in [6, 6.07) is -0.527. The summed E-state index contributed by atoms with van der Waals surface area (Å²) in [5, 5.41) is 12.6. The van der Waals surface area contributed by atoms with Crippen LogP contribution in [-0.2, 0) is 14.3 Å². The molecule has 1 amide bonds. The monoisotopic (exact) mass is 383 g/mol. The van der Waals surface area contributed by atoms with Crippen LogP contribution in [0, 0.1) is 0 Å². The summed E-state index contributed by atoms with van der Waals surface area (Å²) in [5.74, 6) is -0.629. The minimum Gasteiger partial charge on any atom is -0.464 e. The fourth-order valence-electron chi connectivity index (χ4n) is 3.59. The van der Waals surface area contributed by atoms with Gasteiger partial charge in [0.05, 0.1) is 19.1 Å². The van der Waals surface area contributed by atoms with Gasteiger partial charge in [-0.05, 0) is 6.42 Å². The molecule has 0 aromatic carbocycles. The van der Waals surface area contributed by atoms with E-state index in [1.54, 1.807) is 0 Å². The van der Waals surface area contributed by atoms with Crippen molar-refractivity contribution in [1.29, 1.82) is 0 Å². The molecule has 158 valence electrons. The molecule has 5 heteroatoms. The van der Waals surface area contributed by atoms with Crippen LogP contribution >= 0.6 is 0 Å². The van der Waals surface area contributed by atoms with Crippen molar-refractivity contribution >= 4 is 11.9 Å². The number of aliphatic hydroxyl groups excluding tert-OH is 1. The predicted molar refractivity (Wildman–Crippen MR) is 108 cm³/mol. The van der Waals surface area contributed by atoms with Crippen LogP contribution in [0.1, 0.15) is 110 Å². The Hall–Kier alpha value is -1.10. The van der Waals surface area contributed by atoms with E-state index in [0.717, 1.165) is 12.8 Å². The second kappa shape index (κ2) is 15.9. The van der Waals surface area contributed by atoms with E-state index in [1.165, 1.54) is 70.6 Å². The van der Waals surface area contributed by atoms with Gasteiger partial charge in [-0.15, -0.1) is 0 Å². The van der Waals surface area contributed by atoms with Crippen LogP contribution in [0.3, 0.4) is 0 Å². The summed E-state index contributed by atoms with van der Waals surface area (Å²) in [6.07, 6.45) is 17.5. The average Bonchev–Trinajstić information content (AvgIpc) is 3.03. The van der Waals surface area contributed by atoms with Crippen molar-refractivity contribution in [2.24, 2.45) is 0 Å². The molecule has 0 aromatic heterocycles. The van der Waals surface area contributed by atoms with Gasteiger partial charge in [0.2, 0.25) is 5.91 Å². The van der Waals surface area contributed by atoms with Crippen molar-refractivity contribution in [3.05, 3.63) is 0 Å². The molecular weight excluding hydrogens is 342 g/mol. The average molecular weight is 384 g/mol. The molecule has 0 spiro atoms. The highest BCUT2D eigenvalue weighted by Crippen LogP contribution is 2.14. The molecule has 1 rings (SSSR count). The highest BCUT2D eigenvalue weighted by molar-refractivity contribution is 5.85. The van der Waals surface area contributed by atoms with Crippen molar-refractivity contribution in [2.75, 3.05) is 6.61 Å². The van der Waals surface area contributed by atoms with E-state index in [0.29, 0.717) is 19.4 Å². The van der Waals surface area contributed by atoms with E-state index in [1.807, 2.05) is 0 Å². The van der Waals surface area contributed by atoms with Crippen LogP contribution < -0.4 is 5.32 Å². The Kier molecular flexibility index (Phi) is 14.1. The van der Waals surface area contributed by atoms with Crippen molar-refractivity contribution < 1.29 is 19.4 Å². The quantitative estimate of drug-likeness (QED) is 0.283. The van der Waals surface area contributed by atoms with Gasteiger partial charge < -0.3 is 15.2 Å². The van der Waals surface area contributed by atoms with Crippen molar-refractivity contribution in [1.82, 2.24) is 5.32 Å².